The summed E-state index contributed by atoms with van der Waals surface area (Å²) in [6.45, 7) is 0. The highest BCUT2D eigenvalue weighted by Crippen LogP contribution is 2.51. The van der Waals surface area contributed by atoms with Crippen LogP contribution in [0.4, 0.5) is 25.8 Å². The summed E-state index contributed by atoms with van der Waals surface area (Å²) in [5.74, 6) is -1.16. The molecule has 0 fully saturated rings. The maximum Gasteiger partial charge on any atom is 0.128 e. The average molecular weight is 311 g/mol. The molecular weight excluding hydrogens is 300 g/mol. The van der Waals surface area contributed by atoms with E-state index in [2.05, 4.69) is 0 Å². The maximum atomic E-state index is 13.7. The fourth-order valence-corrected chi connectivity index (χ4v) is 3.71. The van der Waals surface area contributed by atoms with Crippen molar-refractivity contribution < 1.29 is 8.78 Å². The molecule has 4 rings (SSSR count). The van der Waals surface area contributed by atoms with Gasteiger partial charge < -0.3 is 4.90 Å². The van der Waals surface area contributed by atoms with Crippen LogP contribution in [0.1, 0.15) is 0 Å². The van der Waals surface area contributed by atoms with Gasteiger partial charge in [0.25, 0.3) is 0 Å². The molecule has 0 N–H and O–H groups in total. The summed E-state index contributed by atoms with van der Waals surface area (Å²) in [7, 11) is 0. The SMILES string of the molecule is Fc1cc(F)cc(N2c3ccccc3Sc3ccccc32)c1. The predicted octanol–water partition coefficient (Wildman–Crippen LogP) is 5.90. The Morgan fingerprint density at radius 2 is 1.18 bits per heavy atom. The predicted molar refractivity (Wildman–Crippen MR) is 85.2 cm³/mol. The molecule has 1 nitrogen and oxygen atoms in total. The van der Waals surface area contributed by atoms with Gasteiger partial charge in [-0.2, -0.15) is 0 Å². The van der Waals surface area contributed by atoms with E-state index in [1.807, 2.05) is 53.4 Å². The van der Waals surface area contributed by atoms with Crippen molar-refractivity contribution in [3.8, 4) is 0 Å². The zero-order chi connectivity index (χ0) is 15.1. The highest BCUT2D eigenvalue weighted by molar-refractivity contribution is 7.99. The van der Waals surface area contributed by atoms with E-state index in [-0.39, 0.29) is 0 Å². The molecular formula is C18H11F2NS. The fourth-order valence-electron chi connectivity index (χ4n) is 2.65. The van der Waals surface area contributed by atoms with Gasteiger partial charge >= 0.3 is 0 Å². The molecule has 4 heteroatoms. The van der Waals surface area contributed by atoms with Gasteiger partial charge in [-0.3, -0.25) is 0 Å². The lowest BCUT2D eigenvalue weighted by atomic mass is 10.1. The monoisotopic (exact) mass is 311 g/mol. The first kappa shape index (κ1) is 13.3. The smallest absolute Gasteiger partial charge is 0.128 e. The number of hydrogen-bond donors (Lipinski definition) is 0. The minimum atomic E-state index is -0.580. The maximum absolute atomic E-state index is 13.7. The summed E-state index contributed by atoms with van der Waals surface area (Å²) < 4.78 is 27.3. The molecule has 0 saturated heterocycles. The summed E-state index contributed by atoms with van der Waals surface area (Å²) >= 11 is 1.66. The normalized spacial score (nSPS) is 12.7. The Bertz CT molecular complexity index is 797. The van der Waals surface area contributed by atoms with Gasteiger partial charge in [0.15, 0.2) is 0 Å². The van der Waals surface area contributed by atoms with Gasteiger partial charge in [-0.1, -0.05) is 36.0 Å². The Hall–Kier alpha value is -2.33. The number of benzene rings is 3. The third kappa shape index (κ3) is 2.16. The van der Waals surface area contributed by atoms with Crippen LogP contribution < -0.4 is 4.90 Å². The van der Waals surface area contributed by atoms with Crippen LogP contribution in [-0.4, -0.2) is 0 Å². The summed E-state index contributed by atoms with van der Waals surface area (Å²) in [6.07, 6.45) is 0. The number of nitrogens with zero attached hydrogens (tertiary/aromatic N) is 1. The van der Waals surface area contributed by atoms with E-state index in [9.17, 15) is 8.78 Å². The van der Waals surface area contributed by atoms with E-state index < -0.39 is 11.6 Å². The molecule has 1 aliphatic heterocycles. The van der Waals surface area contributed by atoms with Crippen molar-refractivity contribution in [3.05, 3.63) is 78.4 Å². The van der Waals surface area contributed by atoms with Crippen molar-refractivity contribution in [1.82, 2.24) is 0 Å². The van der Waals surface area contributed by atoms with E-state index in [1.165, 1.54) is 12.1 Å². The van der Waals surface area contributed by atoms with Gasteiger partial charge in [-0.15, -0.1) is 0 Å². The van der Waals surface area contributed by atoms with Gasteiger partial charge in [-0.25, -0.2) is 8.78 Å². The van der Waals surface area contributed by atoms with Gasteiger partial charge in [0.05, 0.1) is 17.1 Å². The molecule has 0 unspecified atom stereocenters. The van der Waals surface area contributed by atoms with Gasteiger partial charge in [-0.05, 0) is 36.4 Å². The molecule has 0 saturated carbocycles. The second kappa shape index (κ2) is 5.14. The topological polar surface area (TPSA) is 3.24 Å². The van der Waals surface area contributed by atoms with Crippen molar-refractivity contribution >= 4 is 28.8 Å². The number of hydrogen-bond acceptors (Lipinski definition) is 2. The van der Waals surface area contributed by atoms with Crippen LogP contribution in [-0.2, 0) is 0 Å². The van der Waals surface area contributed by atoms with E-state index >= 15 is 0 Å². The number of halogens is 2. The van der Waals surface area contributed by atoms with E-state index in [4.69, 9.17) is 0 Å². The van der Waals surface area contributed by atoms with Crippen LogP contribution in [0.5, 0.6) is 0 Å². The van der Waals surface area contributed by atoms with Crippen molar-refractivity contribution in [2.24, 2.45) is 0 Å². The third-order valence-corrected chi connectivity index (χ3v) is 4.67. The van der Waals surface area contributed by atoms with Gasteiger partial charge in [0.1, 0.15) is 11.6 Å². The first-order valence-corrected chi connectivity index (χ1v) is 7.66. The van der Waals surface area contributed by atoms with Crippen molar-refractivity contribution in [2.45, 2.75) is 9.79 Å². The summed E-state index contributed by atoms with van der Waals surface area (Å²) in [4.78, 5) is 4.02. The van der Waals surface area contributed by atoms with Crippen LogP contribution >= 0.6 is 11.8 Å². The Labute approximate surface area is 131 Å². The van der Waals surface area contributed by atoms with Crippen molar-refractivity contribution in [1.29, 1.82) is 0 Å². The molecule has 0 amide bonds. The molecule has 22 heavy (non-hydrogen) atoms. The van der Waals surface area contributed by atoms with Crippen LogP contribution in [0.25, 0.3) is 0 Å². The molecule has 0 aliphatic carbocycles. The molecule has 1 aliphatic rings. The van der Waals surface area contributed by atoms with Crippen molar-refractivity contribution in [2.75, 3.05) is 4.90 Å². The molecule has 0 atom stereocenters. The number of fused-ring (bicyclic) bond motifs is 2. The minimum Gasteiger partial charge on any atom is -0.308 e. The van der Waals surface area contributed by atoms with Crippen molar-refractivity contribution in [3.63, 3.8) is 0 Å². The van der Waals surface area contributed by atoms with Gasteiger partial charge in [0, 0.05) is 15.9 Å². The first-order valence-electron chi connectivity index (χ1n) is 6.84. The van der Waals surface area contributed by atoms with Crippen LogP contribution in [0.3, 0.4) is 0 Å². The molecule has 0 radical (unpaired) electrons. The summed E-state index contributed by atoms with van der Waals surface area (Å²) in [5.41, 5.74) is 2.34. The Morgan fingerprint density at radius 1 is 0.682 bits per heavy atom. The molecule has 3 aromatic rings. The molecule has 1 heterocycles. The zero-order valence-corrected chi connectivity index (χ0v) is 12.3. The lowest BCUT2D eigenvalue weighted by Gasteiger charge is -2.32. The van der Waals surface area contributed by atoms with Crippen LogP contribution in [0, 0.1) is 11.6 Å². The van der Waals surface area contributed by atoms with Crippen LogP contribution in [0.2, 0.25) is 0 Å². The molecule has 0 aromatic heterocycles. The van der Waals surface area contributed by atoms with Crippen LogP contribution in [0.15, 0.2) is 76.5 Å². The van der Waals surface area contributed by atoms with E-state index in [1.54, 1.807) is 11.8 Å². The largest absolute Gasteiger partial charge is 0.308 e. The summed E-state index contributed by atoms with van der Waals surface area (Å²) in [6, 6.07) is 19.3. The highest BCUT2D eigenvalue weighted by Gasteiger charge is 2.24. The Balaban J connectivity index is 1.98. The lowest BCUT2D eigenvalue weighted by molar-refractivity contribution is 0.583. The average Bonchev–Trinajstić information content (AvgIpc) is 2.51. The Morgan fingerprint density at radius 3 is 1.73 bits per heavy atom. The fraction of sp³-hybridized carbons (Fsp3) is 0. The number of rotatable bonds is 1. The standard InChI is InChI=1S/C18H11F2NS/c19-12-9-13(20)11-14(10-12)21-15-5-1-3-7-17(15)22-18-8-4-2-6-16(18)21/h1-11H. The molecule has 0 bridgehead atoms. The third-order valence-electron chi connectivity index (χ3n) is 3.54. The van der Waals surface area contributed by atoms with E-state index in [0.717, 1.165) is 27.2 Å². The van der Waals surface area contributed by atoms with E-state index in [0.29, 0.717) is 5.69 Å². The highest BCUT2D eigenvalue weighted by atomic mass is 32.2. The first-order chi connectivity index (χ1) is 10.7. The number of para-hydroxylation sites is 2. The van der Waals surface area contributed by atoms with Gasteiger partial charge in [0.2, 0.25) is 0 Å². The molecule has 108 valence electrons. The quantitative estimate of drug-likeness (QED) is 0.430. The minimum absolute atomic E-state index is 0.484. The molecule has 0 spiro atoms. The lowest BCUT2D eigenvalue weighted by Crippen LogP contribution is -2.15. The number of anilines is 3. The Kier molecular flexibility index (Phi) is 3.12. The zero-order valence-electron chi connectivity index (χ0n) is 11.5. The molecule has 3 aromatic carbocycles. The summed E-state index contributed by atoms with van der Waals surface area (Å²) in [5, 5.41) is 0. The second-order valence-corrected chi connectivity index (χ2v) is 6.08. The second-order valence-electron chi connectivity index (χ2n) is 5.00.